The first-order chi connectivity index (χ1) is 5.55. The summed E-state index contributed by atoms with van der Waals surface area (Å²) in [7, 11) is 0. The molecule has 0 aliphatic rings. The summed E-state index contributed by atoms with van der Waals surface area (Å²) in [5, 5.41) is 0. The highest BCUT2D eigenvalue weighted by molar-refractivity contribution is 5.53. The molecule has 0 bridgehead atoms. The Balaban J connectivity index is 2.99. The zero-order valence-electron chi connectivity index (χ0n) is 5.88. The molecule has 1 aromatic heterocycles. The van der Waals surface area contributed by atoms with Crippen molar-refractivity contribution in [2.45, 2.75) is 12.7 Å². The third-order valence-corrected chi connectivity index (χ3v) is 1.28. The third kappa shape index (κ3) is 1.63. The number of carbonyl (C=O) groups is 1. The number of halogens is 3. The predicted octanol–water partition coefficient (Wildman–Crippen LogP) is 1.10. The molecule has 0 aliphatic heterocycles. The lowest BCUT2D eigenvalue weighted by molar-refractivity contribution is -0.205. The summed E-state index contributed by atoms with van der Waals surface area (Å²) < 4.78 is 36.1. The van der Waals surface area contributed by atoms with Gasteiger partial charge in [0.25, 0.3) is 0 Å². The average Bonchev–Trinajstić information content (AvgIpc) is 2.34. The first kappa shape index (κ1) is 8.76. The van der Waals surface area contributed by atoms with Gasteiger partial charge in [-0.15, -0.1) is 13.2 Å². The zero-order chi connectivity index (χ0) is 9.19. The van der Waals surface area contributed by atoms with Crippen LogP contribution in [0.4, 0.5) is 13.2 Å². The number of hydrogen-bond donors (Lipinski definition) is 0. The molecule has 12 heavy (non-hydrogen) atoms. The Morgan fingerprint density at radius 2 is 2.25 bits per heavy atom. The van der Waals surface area contributed by atoms with Crippen LogP contribution in [0.25, 0.3) is 0 Å². The molecule has 0 saturated carbocycles. The SMILES string of the molecule is O=CCc1cncn1C(F)(F)F. The van der Waals surface area contributed by atoms with E-state index in [0.29, 0.717) is 12.6 Å². The van der Waals surface area contributed by atoms with Crippen LogP contribution in [0, 0.1) is 0 Å². The van der Waals surface area contributed by atoms with Crippen molar-refractivity contribution in [3.8, 4) is 0 Å². The van der Waals surface area contributed by atoms with Crippen molar-refractivity contribution in [1.29, 1.82) is 0 Å². The van der Waals surface area contributed by atoms with Gasteiger partial charge in [0.15, 0.2) is 0 Å². The summed E-state index contributed by atoms with van der Waals surface area (Å²) in [6.07, 6.45) is -2.71. The second kappa shape index (κ2) is 2.96. The molecule has 0 aliphatic carbocycles. The van der Waals surface area contributed by atoms with Crippen LogP contribution in [0.15, 0.2) is 12.5 Å². The van der Waals surface area contributed by atoms with Crippen LogP contribution >= 0.6 is 0 Å². The van der Waals surface area contributed by atoms with Gasteiger partial charge >= 0.3 is 6.30 Å². The van der Waals surface area contributed by atoms with E-state index in [9.17, 15) is 18.0 Å². The molecule has 0 spiro atoms. The quantitative estimate of drug-likeness (QED) is 0.635. The van der Waals surface area contributed by atoms with Gasteiger partial charge < -0.3 is 4.79 Å². The van der Waals surface area contributed by atoms with E-state index < -0.39 is 6.30 Å². The fraction of sp³-hybridized carbons (Fsp3) is 0.333. The largest absolute Gasteiger partial charge is 0.489 e. The summed E-state index contributed by atoms with van der Waals surface area (Å²) in [5.41, 5.74) is -0.155. The highest BCUT2D eigenvalue weighted by Crippen LogP contribution is 2.23. The molecule has 1 rings (SSSR count). The minimum atomic E-state index is -4.49. The van der Waals surface area contributed by atoms with Crippen molar-refractivity contribution in [2.75, 3.05) is 0 Å². The molecule has 6 heteroatoms. The van der Waals surface area contributed by atoms with Crippen LogP contribution < -0.4 is 0 Å². The van der Waals surface area contributed by atoms with Gasteiger partial charge in [0, 0.05) is 12.6 Å². The van der Waals surface area contributed by atoms with Gasteiger partial charge in [0.1, 0.15) is 12.6 Å². The molecule has 0 N–H and O–H groups in total. The highest BCUT2D eigenvalue weighted by atomic mass is 19.4. The lowest BCUT2D eigenvalue weighted by atomic mass is 10.3. The average molecular weight is 178 g/mol. The number of carbonyl (C=O) groups excluding carboxylic acids is 1. The lowest BCUT2D eigenvalue weighted by Gasteiger charge is -2.08. The van der Waals surface area contributed by atoms with E-state index in [-0.39, 0.29) is 16.7 Å². The maximum atomic E-state index is 12.0. The maximum absolute atomic E-state index is 12.0. The Labute approximate surface area is 65.8 Å². The molecule has 3 nitrogen and oxygen atoms in total. The second-order valence-electron chi connectivity index (χ2n) is 2.09. The van der Waals surface area contributed by atoms with Crippen molar-refractivity contribution >= 4 is 6.29 Å². The number of hydrogen-bond acceptors (Lipinski definition) is 2. The van der Waals surface area contributed by atoms with Crippen molar-refractivity contribution in [3.05, 3.63) is 18.2 Å². The minimum absolute atomic E-state index is 0.0153. The smallest absolute Gasteiger partial charge is 0.303 e. The van der Waals surface area contributed by atoms with Crippen LogP contribution in [0.2, 0.25) is 0 Å². The molecule has 0 atom stereocenters. The summed E-state index contributed by atoms with van der Waals surface area (Å²) in [4.78, 5) is 13.2. The molecule has 0 amide bonds. The normalized spacial score (nSPS) is 11.6. The molecule has 66 valence electrons. The Morgan fingerprint density at radius 3 is 2.75 bits per heavy atom. The highest BCUT2D eigenvalue weighted by Gasteiger charge is 2.32. The van der Waals surface area contributed by atoms with Crippen LogP contribution in [0.3, 0.4) is 0 Å². The van der Waals surface area contributed by atoms with Crippen LogP contribution in [0.5, 0.6) is 0 Å². The summed E-state index contributed by atoms with van der Waals surface area (Å²) in [5.74, 6) is 0. The molecular weight excluding hydrogens is 173 g/mol. The first-order valence-corrected chi connectivity index (χ1v) is 3.07. The molecule has 0 fully saturated rings. The minimum Gasteiger partial charge on any atom is -0.303 e. The van der Waals surface area contributed by atoms with Crippen molar-refractivity contribution in [1.82, 2.24) is 9.55 Å². The van der Waals surface area contributed by atoms with E-state index in [2.05, 4.69) is 4.98 Å². The fourth-order valence-electron chi connectivity index (χ4n) is 0.787. The van der Waals surface area contributed by atoms with Crippen LogP contribution in [-0.2, 0) is 17.5 Å². The standard InChI is InChI=1S/C6H5F3N2O/c7-6(8,9)11-4-10-3-5(11)1-2-12/h2-4H,1H2. The van der Waals surface area contributed by atoms with Gasteiger partial charge in [-0.25, -0.2) is 9.55 Å². The summed E-state index contributed by atoms with van der Waals surface area (Å²) >= 11 is 0. The van der Waals surface area contributed by atoms with Crippen molar-refractivity contribution in [2.24, 2.45) is 0 Å². The summed E-state index contributed by atoms with van der Waals surface area (Å²) in [6.45, 7) is 0. The molecule has 1 heterocycles. The van der Waals surface area contributed by atoms with E-state index in [4.69, 9.17) is 0 Å². The van der Waals surface area contributed by atoms with Crippen molar-refractivity contribution in [3.63, 3.8) is 0 Å². The van der Waals surface area contributed by atoms with E-state index in [1.807, 2.05) is 0 Å². The Bertz CT molecular complexity index is 279. The first-order valence-electron chi connectivity index (χ1n) is 3.07. The number of aldehydes is 1. The number of aromatic nitrogens is 2. The second-order valence-corrected chi connectivity index (χ2v) is 2.09. The predicted molar refractivity (Wildman–Crippen MR) is 33.3 cm³/mol. The van der Waals surface area contributed by atoms with Gasteiger partial charge in [-0.2, -0.15) is 0 Å². The topological polar surface area (TPSA) is 34.9 Å². The fourth-order valence-corrected chi connectivity index (χ4v) is 0.787. The van der Waals surface area contributed by atoms with Crippen LogP contribution in [-0.4, -0.2) is 15.8 Å². The monoisotopic (exact) mass is 178 g/mol. The molecule has 0 unspecified atom stereocenters. The molecule has 0 aromatic carbocycles. The number of imidazole rings is 1. The van der Waals surface area contributed by atoms with Gasteiger partial charge in [0.2, 0.25) is 0 Å². The number of rotatable bonds is 2. The Kier molecular flexibility index (Phi) is 2.16. The third-order valence-electron chi connectivity index (χ3n) is 1.28. The lowest BCUT2D eigenvalue weighted by Crippen LogP contribution is -2.18. The molecule has 1 aromatic rings. The Morgan fingerprint density at radius 1 is 1.58 bits per heavy atom. The number of nitrogens with zero attached hydrogens (tertiary/aromatic N) is 2. The maximum Gasteiger partial charge on any atom is 0.489 e. The molecule has 0 saturated heterocycles. The zero-order valence-corrected chi connectivity index (χ0v) is 5.88. The van der Waals surface area contributed by atoms with Gasteiger partial charge in [0.05, 0.1) is 5.69 Å². The van der Waals surface area contributed by atoms with Crippen molar-refractivity contribution < 1.29 is 18.0 Å². The summed E-state index contributed by atoms with van der Waals surface area (Å²) in [6, 6.07) is 0. The van der Waals surface area contributed by atoms with E-state index >= 15 is 0 Å². The van der Waals surface area contributed by atoms with Gasteiger partial charge in [-0.1, -0.05) is 0 Å². The van der Waals surface area contributed by atoms with Gasteiger partial charge in [-0.05, 0) is 0 Å². The molecular formula is C6H5F3N2O. The van der Waals surface area contributed by atoms with E-state index in [1.165, 1.54) is 0 Å². The van der Waals surface area contributed by atoms with Crippen LogP contribution in [0.1, 0.15) is 5.69 Å². The Hall–Kier alpha value is -1.33. The van der Waals surface area contributed by atoms with Gasteiger partial charge in [-0.3, -0.25) is 0 Å². The molecule has 0 radical (unpaired) electrons. The van der Waals surface area contributed by atoms with E-state index in [0.717, 1.165) is 6.20 Å². The van der Waals surface area contributed by atoms with E-state index in [1.54, 1.807) is 0 Å². The number of alkyl halides is 3.